The first-order valence-corrected chi connectivity index (χ1v) is 15.1. The Morgan fingerprint density at radius 1 is 1.03 bits per heavy atom. The Morgan fingerprint density at radius 2 is 1.76 bits per heavy atom. The second kappa shape index (κ2) is 11.5. The molecule has 196 valence electrons. The number of carbonyl (C=O) groups is 1. The highest BCUT2D eigenvalue weighted by Gasteiger charge is 2.59. The van der Waals surface area contributed by atoms with Gasteiger partial charge < -0.3 is 4.74 Å². The zero-order valence-corrected chi connectivity index (χ0v) is 23.9. The molecule has 0 spiro atoms. The van der Waals surface area contributed by atoms with Gasteiger partial charge in [-0.25, -0.2) is 0 Å². The fraction of sp³-hybridized carbons (Fsp3) is 0.906. The molecule has 0 radical (unpaired) electrons. The van der Waals surface area contributed by atoms with Gasteiger partial charge >= 0.3 is 5.97 Å². The van der Waals surface area contributed by atoms with Crippen molar-refractivity contribution in [2.45, 2.75) is 139 Å². The molecule has 8 atom stereocenters. The molecule has 7 unspecified atom stereocenters. The van der Waals surface area contributed by atoms with Crippen LogP contribution < -0.4 is 0 Å². The van der Waals surface area contributed by atoms with Crippen LogP contribution in [0.5, 0.6) is 0 Å². The van der Waals surface area contributed by atoms with Crippen molar-refractivity contribution >= 4 is 5.97 Å². The molecule has 34 heavy (non-hydrogen) atoms. The first-order chi connectivity index (χ1) is 16.2. The molecule has 2 heteroatoms. The SMILES string of the molecule is CC.CCC(=O)OC1CCC2(C)C(=CCC3C2CCC2(C)C3CCC2[C@H](C)CCCC(C)C)C1. The van der Waals surface area contributed by atoms with Crippen LogP contribution in [0.4, 0.5) is 0 Å². The van der Waals surface area contributed by atoms with Gasteiger partial charge in [0.15, 0.2) is 0 Å². The van der Waals surface area contributed by atoms with Gasteiger partial charge in [-0.2, -0.15) is 0 Å². The van der Waals surface area contributed by atoms with Crippen molar-refractivity contribution in [3.63, 3.8) is 0 Å². The Morgan fingerprint density at radius 3 is 2.44 bits per heavy atom. The molecule has 0 N–H and O–H groups in total. The third-order valence-corrected chi connectivity index (χ3v) is 10.8. The van der Waals surface area contributed by atoms with Crippen molar-refractivity contribution in [3.05, 3.63) is 11.6 Å². The number of hydrogen-bond donors (Lipinski definition) is 0. The van der Waals surface area contributed by atoms with Crippen molar-refractivity contribution in [2.75, 3.05) is 0 Å². The van der Waals surface area contributed by atoms with E-state index in [1.165, 1.54) is 57.8 Å². The fourth-order valence-corrected chi connectivity index (χ4v) is 9.02. The van der Waals surface area contributed by atoms with Gasteiger partial charge in [-0.1, -0.05) is 86.3 Å². The van der Waals surface area contributed by atoms with Gasteiger partial charge in [0, 0.05) is 12.8 Å². The van der Waals surface area contributed by atoms with Crippen LogP contribution in [0.25, 0.3) is 0 Å². The van der Waals surface area contributed by atoms with Crippen molar-refractivity contribution < 1.29 is 9.53 Å². The molecule has 0 aromatic rings. The van der Waals surface area contributed by atoms with Gasteiger partial charge in [-0.15, -0.1) is 0 Å². The van der Waals surface area contributed by atoms with Crippen LogP contribution >= 0.6 is 0 Å². The molecule has 0 heterocycles. The van der Waals surface area contributed by atoms with E-state index in [4.69, 9.17) is 4.74 Å². The van der Waals surface area contributed by atoms with E-state index in [1.807, 2.05) is 20.8 Å². The molecule has 0 bridgehead atoms. The normalized spacial score (nSPS) is 39.7. The summed E-state index contributed by atoms with van der Waals surface area (Å²) in [5.41, 5.74) is 2.54. The van der Waals surface area contributed by atoms with Crippen molar-refractivity contribution in [1.82, 2.24) is 0 Å². The summed E-state index contributed by atoms with van der Waals surface area (Å²) in [6, 6.07) is 0. The lowest BCUT2D eigenvalue weighted by molar-refractivity contribution is -0.151. The minimum atomic E-state index is -0.0270. The summed E-state index contributed by atoms with van der Waals surface area (Å²) < 4.78 is 5.76. The molecule has 3 fully saturated rings. The van der Waals surface area contributed by atoms with E-state index >= 15 is 0 Å². The summed E-state index contributed by atoms with van der Waals surface area (Å²) in [6.45, 7) is 18.5. The van der Waals surface area contributed by atoms with Crippen LogP contribution in [0, 0.1) is 46.3 Å². The maximum Gasteiger partial charge on any atom is 0.305 e. The first kappa shape index (κ1) is 27.8. The lowest BCUT2D eigenvalue weighted by atomic mass is 9.47. The zero-order valence-electron chi connectivity index (χ0n) is 23.9. The van der Waals surface area contributed by atoms with Crippen molar-refractivity contribution in [1.29, 1.82) is 0 Å². The molecule has 4 rings (SSSR count). The van der Waals surface area contributed by atoms with Gasteiger partial charge in [0.1, 0.15) is 6.10 Å². The monoisotopic (exact) mass is 472 g/mol. The van der Waals surface area contributed by atoms with Gasteiger partial charge in [-0.05, 0) is 91.3 Å². The Kier molecular flexibility index (Phi) is 9.41. The second-order valence-corrected chi connectivity index (χ2v) is 13.0. The summed E-state index contributed by atoms with van der Waals surface area (Å²) in [6.07, 6.45) is 17.8. The van der Waals surface area contributed by atoms with Crippen LogP contribution in [-0.4, -0.2) is 12.1 Å². The average molecular weight is 473 g/mol. The smallest absolute Gasteiger partial charge is 0.305 e. The van der Waals surface area contributed by atoms with E-state index < -0.39 is 0 Å². The van der Waals surface area contributed by atoms with Gasteiger partial charge in [0.2, 0.25) is 0 Å². The Hall–Kier alpha value is -0.790. The minimum absolute atomic E-state index is 0.0270. The van der Waals surface area contributed by atoms with Crippen LogP contribution in [-0.2, 0) is 9.53 Å². The second-order valence-electron chi connectivity index (χ2n) is 13.0. The summed E-state index contributed by atoms with van der Waals surface area (Å²) in [7, 11) is 0. The molecule has 4 aliphatic rings. The van der Waals surface area contributed by atoms with Crippen molar-refractivity contribution in [2.24, 2.45) is 46.3 Å². The van der Waals surface area contributed by atoms with Crippen LogP contribution in [0.3, 0.4) is 0 Å². The van der Waals surface area contributed by atoms with Crippen LogP contribution in [0.2, 0.25) is 0 Å². The topological polar surface area (TPSA) is 26.3 Å². The average Bonchev–Trinajstić information content (AvgIpc) is 3.17. The standard InChI is InChI=1S/C30H50O2.C2H6/c1-7-28(31)32-23-15-17-29(5)22(19-23)11-12-24-26-14-13-25(21(4)10-8-9-20(2)3)30(26,6)18-16-27(24)29;1-2/h11,20-21,23-27H,7-10,12-19H2,1-6H3;1-2H3/t21-,23?,24?,25?,26?,27?,29?,30?;/m1./s1. The third-order valence-electron chi connectivity index (χ3n) is 10.8. The Balaban J connectivity index is 0.00000158. The zero-order chi connectivity index (χ0) is 25.1. The van der Waals surface area contributed by atoms with Crippen LogP contribution in [0.15, 0.2) is 11.6 Å². The lowest BCUT2D eigenvalue weighted by Crippen LogP contribution is -2.51. The summed E-state index contributed by atoms with van der Waals surface area (Å²) in [5, 5.41) is 0. The lowest BCUT2D eigenvalue weighted by Gasteiger charge is -2.58. The van der Waals surface area contributed by atoms with E-state index in [2.05, 4.69) is 40.7 Å². The molecule has 4 aliphatic carbocycles. The van der Waals surface area contributed by atoms with E-state index in [1.54, 1.807) is 5.57 Å². The number of esters is 1. The molecule has 0 aromatic carbocycles. The van der Waals surface area contributed by atoms with E-state index in [0.29, 0.717) is 17.3 Å². The van der Waals surface area contributed by atoms with E-state index in [-0.39, 0.29) is 12.1 Å². The highest BCUT2D eigenvalue weighted by atomic mass is 16.5. The van der Waals surface area contributed by atoms with Gasteiger partial charge in [0.05, 0.1) is 0 Å². The molecule has 0 aliphatic heterocycles. The maximum absolute atomic E-state index is 11.9. The molecule has 0 saturated heterocycles. The number of fused-ring (bicyclic) bond motifs is 5. The summed E-state index contributed by atoms with van der Waals surface area (Å²) >= 11 is 0. The molecular formula is C32H56O2. The van der Waals surface area contributed by atoms with Gasteiger partial charge in [0.25, 0.3) is 0 Å². The Bertz CT molecular complexity index is 708. The molecule has 3 saturated carbocycles. The highest BCUT2D eigenvalue weighted by Crippen LogP contribution is 2.67. The van der Waals surface area contributed by atoms with Crippen LogP contribution in [0.1, 0.15) is 132 Å². The number of ether oxygens (including phenoxy) is 1. The predicted molar refractivity (Wildman–Crippen MR) is 145 cm³/mol. The first-order valence-electron chi connectivity index (χ1n) is 15.1. The fourth-order valence-electron chi connectivity index (χ4n) is 9.02. The minimum Gasteiger partial charge on any atom is -0.462 e. The molecule has 2 nitrogen and oxygen atoms in total. The van der Waals surface area contributed by atoms with E-state index in [0.717, 1.165) is 48.3 Å². The van der Waals surface area contributed by atoms with Crippen molar-refractivity contribution in [3.8, 4) is 0 Å². The maximum atomic E-state index is 11.9. The quantitative estimate of drug-likeness (QED) is 0.272. The number of carbonyl (C=O) groups excluding carboxylic acids is 1. The number of hydrogen-bond acceptors (Lipinski definition) is 2. The summed E-state index contributed by atoms with van der Waals surface area (Å²) in [5.74, 6) is 5.28. The Labute approximate surface area is 212 Å². The van der Waals surface area contributed by atoms with Gasteiger partial charge in [-0.3, -0.25) is 4.79 Å². The number of allylic oxidation sites excluding steroid dienone is 1. The third kappa shape index (κ3) is 5.31. The molecule has 0 aromatic heterocycles. The highest BCUT2D eigenvalue weighted by molar-refractivity contribution is 5.69. The van der Waals surface area contributed by atoms with E-state index in [9.17, 15) is 4.79 Å². The summed E-state index contributed by atoms with van der Waals surface area (Å²) in [4.78, 5) is 11.9. The molecular weight excluding hydrogens is 416 g/mol. The largest absolute Gasteiger partial charge is 0.462 e. The number of rotatable bonds is 7. The predicted octanol–water partition coefficient (Wildman–Crippen LogP) is 9.38. The molecule has 0 amide bonds.